The first-order valence-electron chi connectivity index (χ1n) is 6.26. The minimum Gasteiger partial charge on any atom is -0.495 e. The van der Waals surface area contributed by atoms with Crippen LogP contribution in [0.15, 0.2) is 24.3 Å². The zero-order valence-electron chi connectivity index (χ0n) is 11.9. The molecule has 1 aromatic carbocycles. The van der Waals surface area contributed by atoms with Crippen LogP contribution in [-0.2, 0) is 14.8 Å². The topological polar surface area (TPSA) is 75.7 Å². The SMILES string of the molecule is CCCN(CC(=O)Nc1ccccc1OC)S(C)(=O)=O. The summed E-state index contributed by atoms with van der Waals surface area (Å²) in [6.45, 7) is 1.97. The standard InChI is InChI=1S/C13H20N2O4S/c1-4-9-15(20(3,17)18)10-13(16)14-11-7-5-6-8-12(11)19-2/h5-8H,4,9-10H2,1-3H3,(H,14,16). The van der Waals surface area contributed by atoms with E-state index in [1.54, 1.807) is 24.3 Å². The number of benzene rings is 1. The van der Waals surface area contributed by atoms with E-state index in [1.165, 1.54) is 7.11 Å². The zero-order valence-corrected chi connectivity index (χ0v) is 12.7. The van der Waals surface area contributed by atoms with E-state index in [4.69, 9.17) is 4.74 Å². The molecule has 112 valence electrons. The summed E-state index contributed by atoms with van der Waals surface area (Å²) in [6.07, 6.45) is 1.74. The molecule has 0 aliphatic rings. The van der Waals surface area contributed by atoms with E-state index in [-0.39, 0.29) is 6.54 Å². The van der Waals surface area contributed by atoms with Crippen molar-refractivity contribution in [2.75, 3.05) is 31.8 Å². The van der Waals surface area contributed by atoms with Crippen molar-refractivity contribution in [2.45, 2.75) is 13.3 Å². The van der Waals surface area contributed by atoms with Crippen LogP contribution < -0.4 is 10.1 Å². The quantitative estimate of drug-likeness (QED) is 0.823. The third-order valence-corrected chi connectivity index (χ3v) is 3.89. The van der Waals surface area contributed by atoms with Crippen LogP contribution in [0.2, 0.25) is 0 Å². The van der Waals surface area contributed by atoms with Crippen molar-refractivity contribution in [2.24, 2.45) is 0 Å². The van der Waals surface area contributed by atoms with E-state index in [0.29, 0.717) is 24.4 Å². The van der Waals surface area contributed by atoms with Crippen LogP contribution in [-0.4, -0.2) is 45.1 Å². The molecule has 7 heteroatoms. The predicted octanol–water partition coefficient (Wildman–Crippen LogP) is 1.31. The molecule has 1 aromatic rings. The fourth-order valence-corrected chi connectivity index (χ4v) is 2.58. The normalized spacial score (nSPS) is 11.4. The summed E-state index contributed by atoms with van der Waals surface area (Å²) < 4.78 is 29.4. The number of anilines is 1. The average Bonchev–Trinajstić information content (AvgIpc) is 2.37. The van der Waals surface area contributed by atoms with E-state index >= 15 is 0 Å². The molecule has 0 saturated heterocycles. The molecular weight excluding hydrogens is 280 g/mol. The van der Waals surface area contributed by atoms with Gasteiger partial charge in [0.25, 0.3) is 0 Å². The zero-order chi connectivity index (χ0) is 15.2. The highest BCUT2D eigenvalue weighted by Crippen LogP contribution is 2.22. The number of carbonyl (C=O) groups is 1. The second-order valence-corrected chi connectivity index (χ2v) is 6.33. The van der Waals surface area contributed by atoms with Crippen molar-refractivity contribution >= 4 is 21.6 Å². The van der Waals surface area contributed by atoms with E-state index in [0.717, 1.165) is 10.6 Å². The molecule has 0 aliphatic heterocycles. The fraction of sp³-hybridized carbons (Fsp3) is 0.462. The molecule has 1 rings (SSSR count). The van der Waals surface area contributed by atoms with E-state index in [2.05, 4.69) is 5.32 Å². The lowest BCUT2D eigenvalue weighted by Crippen LogP contribution is -2.37. The van der Waals surface area contributed by atoms with Gasteiger partial charge in [0.05, 0.1) is 25.6 Å². The second-order valence-electron chi connectivity index (χ2n) is 4.35. The van der Waals surface area contributed by atoms with Gasteiger partial charge < -0.3 is 10.1 Å². The van der Waals surface area contributed by atoms with Crippen molar-refractivity contribution in [1.29, 1.82) is 0 Å². The Labute approximate surface area is 119 Å². The van der Waals surface area contributed by atoms with Crippen molar-refractivity contribution < 1.29 is 17.9 Å². The maximum absolute atomic E-state index is 11.9. The molecule has 0 spiro atoms. The third kappa shape index (κ3) is 4.82. The predicted molar refractivity (Wildman–Crippen MR) is 78.3 cm³/mol. The summed E-state index contributed by atoms with van der Waals surface area (Å²) in [5, 5.41) is 2.65. The van der Waals surface area contributed by atoms with Gasteiger partial charge in [-0.2, -0.15) is 4.31 Å². The number of nitrogens with one attached hydrogen (secondary N) is 1. The number of methoxy groups -OCH3 is 1. The highest BCUT2D eigenvalue weighted by atomic mass is 32.2. The number of hydrogen-bond acceptors (Lipinski definition) is 4. The van der Waals surface area contributed by atoms with Crippen molar-refractivity contribution in [3.8, 4) is 5.75 Å². The van der Waals surface area contributed by atoms with Crippen molar-refractivity contribution in [3.63, 3.8) is 0 Å². The van der Waals surface area contributed by atoms with Crippen LogP contribution in [0.1, 0.15) is 13.3 Å². The van der Waals surface area contributed by atoms with Crippen LogP contribution in [0, 0.1) is 0 Å². The summed E-state index contributed by atoms with van der Waals surface area (Å²) in [5.74, 6) is 0.135. The molecule has 0 aromatic heterocycles. The molecule has 1 amide bonds. The van der Waals surface area contributed by atoms with Gasteiger partial charge in [0.15, 0.2) is 0 Å². The highest BCUT2D eigenvalue weighted by Gasteiger charge is 2.19. The third-order valence-electron chi connectivity index (χ3n) is 2.64. The van der Waals surface area contributed by atoms with Crippen LogP contribution in [0.5, 0.6) is 5.75 Å². The first-order valence-corrected chi connectivity index (χ1v) is 8.11. The first kappa shape index (κ1) is 16.5. The molecule has 0 atom stereocenters. The van der Waals surface area contributed by atoms with Crippen molar-refractivity contribution in [3.05, 3.63) is 24.3 Å². The Hall–Kier alpha value is -1.60. The Morgan fingerprint density at radius 3 is 2.55 bits per heavy atom. The van der Waals surface area contributed by atoms with Crippen molar-refractivity contribution in [1.82, 2.24) is 4.31 Å². The number of ether oxygens (including phenoxy) is 1. The number of rotatable bonds is 7. The molecule has 1 N–H and O–H groups in total. The summed E-state index contributed by atoms with van der Waals surface area (Å²) in [6, 6.07) is 6.96. The smallest absolute Gasteiger partial charge is 0.239 e. The summed E-state index contributed by atoms with van der Waals surface area (Å²) in [4.78, 5) is 11.9. The Kier molecular flexibility index (Phi) is 5.97. The Balaban J connectivity index is 2.76. The minimum atomic E-state index is -3.39. The average molecular weight is 300 g/mol. The van der Waals surface area contributed by atoms with E-state index in [9.17, 15) is 13.2 Å². The lowest BCUT2D eigenvalue weighted by molar-refractivity contribution is -0.116. The van der Waals surface area contributed by atoms with Crippen LogP contribution in [0.3, 0.4) is 0 Å². The number of hydrogen-bond donors (Lipinski definition) is 1. The molecule has 6 nitrogen and oxygen atoms in total. The largest absolute Gasteiger partial charge is 0.495 e. The van der Waals surface area contributed by atoms with Gasteiger partial charge in [-0.3, -0.25) is 4.79 Å². The summed E-state index contributed by atoms with van der Waals surface area (Å²) in [5.41, 5.74) is 0.518. The number of sulfonamides is 1. The maximum Gasteiger partial charge on any atom is 0.239 e. The molecule has 0 fully saturated rings. The first-order chi connectivity index (χ1) is 9.38. The van der Waals surface area contributed by atoms with Gasteiger partial charge in [-0.1, -0.05) is 19.1 Å². The molecule has 0 unspecified atom stereocenters. The van der Waals surface area contributed by atoms with Gasteiger partial charge in [0.1, 0.15) is 5.75 Å². The number of para-hydroxylation sites is 2. The number of nitrogens with zero attached hydrogens (tertiary/aromatic N) is 1. The monoisotopic (exact) mass is 300 g/mol. The van der Waals surface area contributed by atoms with E-state index in [1.807, 2.05) is 6.92 Å². The van der Waals surface area contributed by atoms with Crippen LogP contribution in [0.25, 0.3) is 0 Å². The maximum atomic E-state index is 11.9. The molecule has 0 aliphatic carbocycles. The second kappa shape index (κ2) is 7.25. The van der Waals surface area contributed by atoms with Gasteiger partial charge in [0, 0.05) is 6.54 Å². The molecule has 0 heterocycles. The number of carbonyl (C=O) groups excluding carboxylic acids is 1. The highest BCUT2D eigenvalue weighted by molar-refractivity contribution is 7.88. The molecule has 20 heavy (non-hydrogen) atoms. The molecular formula is C13H20N2O4S. The van der Waals surface area contributed by atoms with Crippen LogP contribution >= 0.6 is 0 Å². The Morgan fingerprint density at radius 1 is 1.35 bits per heavy atom. The van der Waals surface area contributed by atoms with Crippen LogP contribution in [0.4, 0.5) is 5.69 Å². The van der Waals surface area contributed by atoms with E-state index < -0.39 is 15.9 Å². The molecule has 0 radical (unpaired) electrons. The fourth-order valence-electron chi connectivity index (χ4n) is 1.71. The summed E-state index contributed by atoms with van der Waals surface area (Å²) in [7, 11) is -1.88. The van der Waals surface area contributed by atoms with Gasteiger partial charge in [-0.15, -0.1) is 0 Å². The summed E-state index contributed by atoms with van der Waals surface area (Å²) >= 11 is 0. The molecule has 0 saturated carbocycles. The lowest BCUT2D eigenvalue weighted by atomic mass is 10.3. The van der Waals surface area contributed by atoms with Gasteiger partial charge in [-0.05, 0) is 18.6 Å². The number of amides is 1. The van der Waals surface area contributed by atoms with Gasteiger partial charge in [-0.25, -0.2) is 8.42 Å². The molecule has 0 bridgehead atoms. The van der Waals surface area contributed by atoms with Gasteiger partial charge >= 0.3 is 0 Å². The Morgan fingerprint density at radius 2 is 2.00 bits per heavy atom. The lowest BCUT2D eigenvalue weighted by Gasteiger charge is -2.19. The Bertz CT molecular complexity index is 557. The minimum absolute atomic E-state index is 0.204. The van der Waals surface area contributed by atoms with Gasteiger partial charge in [0.2, 0.25) is 15.9 Å².